The minimum absolute atomic E-state index is 0.0790. The number of rotatable bonds is 3. The van der Waals surface area contributed by atoms with E-state index in [0.717, 1.165) is 6.42 Å². The van der Waals surface area contributed by atoms with Gasteiger partial charge in [-0.05, 0) is 26.2 Å². The smallest absolute Gasteiger partial charge is 0.320 e. The van der Waals surface area contributed by atoms with Crippen molar-refractivity contribution in [2.75, 3.05) is 26.2 Å². The van der Waals surface area contributed by atoms with E-state index in [4.69, 9.17) is 0 Å². The van der Waals surface area contributed by atoms with Gasteiger partial charge in [0.05, 0.1) is 11.5 Å². The molecule has 2 N–H and O–H groups in total. The van der Waals surface area contributed by atoms with Crippen LogP contribution in [0.2, 0.25) is 0 Å². The number of likely N-dealkylation sites (tertiary alicyclic amines) is 2. The third-order valence-electron chi connectivity index (χ3n) is 4.93. The number of nitrogens with zero attached hydrogens (tertiary/aromatic N) is 2. The van der Waals surface area contributed by atoms with Crippen LogP contribution in [-0.2, 0) is 4.79 Å². The standard InChI is InChI=1S/C14H24N2O4/c1-3-14(12(18)19)5-7-16(9-14)13(20)15-6-4-11(8-15)10(2)17/h10-11,17H,3-9H2,1-2H3,(H,18,19). The Morgan fingerprint density at radius 2 is 2.05 bits per heavy atom. The maximum Gasteiger partial charge on any atom is 0.320 e. The van der Waals surface area contributed by atoms with Crippen molar-refractivity contribution in [1.82, 2.24) is 9.80 Å². The van der Waals surface area contributed by atoms with Gasteiger partial charge in [-0.25, -0.2) is 4.79 Å². The van der Waals surface area contributed by atoms with E-state index in [-0.39, 0.29) is 11.9 Å². The Kier molecular flexibility index (Phi) is 4.22. The van der Waals surface area contributed by atoms with Crippen molar-refractivity contribution in [3.05, 3.63) is 0 Å². The van der Waals surface area contributed by atoms with Gasteiger partial charge in [-0.3, -0.25) is 4.79 Å². The molecule has 3 unspecified atom stereocenters. The summed E-state index contributed by atoms with van der Waals surface area (Å²) in [6, 6.07) is -0.0790. The first kappa shape index (κ1) is 15.1. The van der Waals surface area contributed by atoms with Gasteiger partial charge in [-0.1, -0.05) is 6.92 Å². The number of carbonyl (C=O) groups excluding carboxylic acids is 1. The minimum atomic E-state index is -0.807. The van der Waals surface area contributed by atoms with Crippen LogP contribution < -0.4 is 0 Å². The van der Waals surface area contributed by atoms with Crippen molar-refractivity contribution >= 4 is 12.0 Å². The molecule has 6 heteroatoms. The van der Waals surface area contributed by atoms with Gasteiger partial charge < -0.3 is 20.0 Å². The third kappa shape index (κ3) is 2.61. The fourth-order valence-electron chi connectivity index (χ4n) is 3.20. The predicted octanol–water partition coefficient (Wildman–Crippen LogP) is 0.996. The van der Waals surface area contributed by atoms with E-state index in [0.29, 0.717) is 39.0 Å². The van der Waals surface area contributed by atoms with Gasteiger partial charge in [-0.2, -0.15) is 0 Å². The van der Waals surface area contributed by atoms with Gasteiger partial charge in [0.1, 0.15) is 0 Å². The topological polar surface area (TPSA) is 81.1 Å². The Hall–Kier alpha value is -1.30. The van der Waals surface area contributed by atoms with Crippen molar-refractivity contribution in [1.29, 1.82) is 0 Å². The minimum Gasteiger partial charge on any atom is -0.481 e. The van der Waals surface area contributed by atoms with Crippen LogP contribution >= 0.6 is 0 Å². The predicted molar refractivity (Wildman–Crippen MR) is 73.3 cm³/mol. The average Bonchev–Trinajstić information content (AvgIpc) is 3.05. The van der Waals surface area contributed by atoms with E-state index in [1.54, 1.807) is 16.7 Å². The summed E-state index contributed by atoms with van der Waals surface area (Å²) in [6.45, 7) is 5.64. The Balaban J connectivity index is 1.97. The Morgan fingerprint density at radius 3 is 2.50 bits per heavy atom. The van der Waals surface area contributed by atoms with E-state index in [1.807, 2.05) is 6.92 Å². The highest BCUT2D eigenvalue weighted by Gasteiger charge is 2.46. The molecule has 2 heterocycles. The van der Waals surface area contributed by atoms with Crippen molar-refractivity contribution in [3.63, 3.8) is 0 Å². The largest absolute Gasteiger partial charge is 0.481 e. The first-order valence-corrected chi connectivity index (χ1v) is 7.35. The lowest BCUT2D eigenvalue weighted by Crippen LogP contribution is -2.43. The number of amides is 2. The van der Waals surface area contributed by atoms with E-state index in [1.165, 1.54) is 0 Å². The van der Waals surface area contributed by atoms with Crippen LogP contribution in [0.25, 0.3) is 0 Å². The second kappa shape index (κ2) is 5.60. The summed E-state index contributed by atoms with van der Waals surface area (Å²) < 4.78 is 0. The Bertz CT molecular complexity index is 399. The zero-order chi connectivity index (χ0) is 14.9. The monoisotopic (exact) mass is 284 g/mol. The highest BCUT2D eigenvalue weighted by molar-refractivity contribution is 5.80. The normalized spacial score (nSPS) is 31.6. The lowest BCUT2D eigenvalue weighted by atomic mass is 9.84. The molecule has 6 nitrogen and oxygen atoms in total. The molecule has 0 bridgehead atoms. The summed E-state index contributed by atoms with van der Waals surface area (Å²) in [6.07, 6.45) is 1.48. The van der Waals surface area contributed by atoms with Gasteiger partial charge >= 0.3 is 12.0 Å². The van der Waals surface area contributed by atoms with Crippen LogP contribution in [0.4, 0.5) is 4.79 Å². The lowest BCUT2D eigenvalue weighted by Gasteiger charge is -2.27. The molecule has 2 aliphatic heterocycles. The number of aliphatic carboxylic acids is 1. The number of aliphatic hydroxyl groups is 1. The highest BCUT2D eigenvalue weighted by Crippen LogP contribution is 2.35. The molecule has 0 aromatic carbocycles. The van der Waals surface area contributed by atoms with E-state index in [2.05, 4.69) is 0 Å². The number of aliphatic hydroxyl groups excluding tert-OH is 1. The van der Waals surface area contributed by atoms with E-state index < -0.39 is 17.5 Å². The summed E-state index contributed by atoms with van der Waals surface area (Å²) in [5, 5.41) is 18.9. The van der Waals surface area contributed by atoms with Crippen LogP contribution in [0.15, 0.2) is 0 Å². The number of hydrogen-bond donors (Lipinski definition) is 2. The number of hydrogen-bond acceptors (Lipinski definition) is 3. The van der Waals surface area contributed by atoms with Crippen molar-refractivity contribution < 1.29 is 19.8 Å². The molecule has 2 saturated heterocycles. The zero-order valence-electron chi connectivity index (χ0n) is 12.2. The molecule has 2 fully saturated rings. The summed E-state index contributed by atoms with van der Waals surface area (Å²) in [5.41, 5.74) is -0.779. The fourth-order valence-corrected chi connectivity index (χ4v) is 3.20. The van der Waals surface area contributed by atoms with Crippen LogP contribution in [0, 0.1) is 11.3 Å². The molecule has 2 amide bonds. The van der Waals surface area contributed by atoms with Crippen LogP contribution in [0.1, 0.15) is 33.1 Å². The van der Waals surface area contributed by atoms with Gasteiger partial charge in [0.2, 0.25) is 0 Å². The first-order valence-electron chi connectivity index (χ1n) is 7.35. The fraction of sp³-hybridized carbons (Fsp3) is 0.857. The van der Waals surface area contributed by atoms with Crippen LogP contribution in [0.3, 0.4) is 0 Å². The number of carbonyl (C=O) groups is 2. The zero-order valence-corrected chi connectivity index (χ0v) is 12.2. The maximum absolute atomic E-state index is 12.4. The summed E-state index contributed by atoms with van der Waals surface area (Å²) in [5.74, 6) is -0.671. The second-order valence-electron chi connectivity index (χ2n) is 6.13. The molecule has 0 spiro atoms. The van der Waals surface area contributed by atoms with Crippen LogP contribution in [0.5, 0.6) is 0 Å². The molecule has 2 rings (SSSR count). The molecule has 0 aliphatic carbocycles. The lowest BCUT2D eigenvalue weighted by molar-refractivity contribution is -0.148. The molecule has 114 valence electrons. The molecule has 20 heavy (non-hydrogen) atoms. The molecular formula is C14H24N2O4. The van der Waals surface area contributed by atoms with Crippen LogP contribution in [-0.4, -0.2) is 64.3 Å². The SMILES string of the molecule is CCC1(C(=O)O)CCN(C(=O)N2CCC(C(C)O)C2)C1. The molecule has 0 radical (unpaired) electrons. The third-order valence-corrected chi connectivity index (χ3v) is 4.93. The summed E-state index contributed by atoms with van der Waals surface area (Å²) >= 11 is 0. The van der Waals surface area contributed by atoms with Gasteiger partial charge in [-0.15, -0.1) is 0 Å². The van der Waals surface area contributed by atoms with Gasteiger partial charge in [0.15, 0.2) is 0 Å². The molecule has 3 atom stereocenters. The van der Waals surface area contributed by atoms with Crippen molar-refractivity contribution in [3.8, 4) is 0 Å². The number of urea groups is 1. The number of carboxylic acids is 1. The summed E-state index contributed by atoms with van der Waals surface area (Å²) in [7, 11) is 0. The molecule has 0 saturated carbocycles. The quantitative estimate of drug-likeness (QED) is 0.810. The van der Waals surface area contributed by atoms with Crippen molar-refractivity contribution in [2.45, 2.75) is 39.2 Å². The molecule has 0 aromatic rings. The second-order valence-corrected chi connectivity index (χ2v) is 6.13. The maximum atomic E-state index is 12.4. The highest BCUT2D eigenvalue weighted by atomic mass is 16.4. The molecule has 0 aromatic heterocycles. The molecule has 2 aliphatic rings. The Labute approximate surface area is 119 Å². The van der Waals surface area contributed by atoms with E-state index >= 15 is 0 Å². The van der Waals surface area contributed by atoms with Crippen molar-refractivity contribution in [2.24, 2.45) is 11.3 Å². The Morgan fingerprint density at radius 1 is 1.35 bits per heavy atom. The average molecular weight is 284 g/mol. The van der Waals surface area contributed by atoms with E-state index in [9.17, 15) is 19.8 Å². The van der Waals surface area contributed by atoms with Gasteiger partial charge in [0, 0.05) is 32.1 Å². The number of carboxylic acid groups (broad SMARTS) is 1. The molecular weight excluding hydrogens is 260 g/mol. The summed E-state index contributed by atoms with van der Waals surface area (Å²) in [4.78, 5) is 27.2. The van der Waals surface area contributed by atoms with Gasteiger partial charge in [0.25, 0.3) is 0 Å². The first-order chi connectivity index (χ1) is 9.39.